The highest BCUT2D eigenvalue weighted by Gasteiger charge is 2.21. The molecule has 2 rings (SSSR count). The van der Waals surface area contributed by atoms with E-state index in [-0.39, 0.29) is 6.10 Å². The molecule has 1 aliphatic rings. The summed E-state index contributed by atoms with van der Waals surface area (Å²) in [6.45, 7) is 7.76. The van der Waals surface area contributed by atoms with Crippen LogP contribution in [0.25, 0.3) is 0 Å². The third-order valence-corrected chi connectivity index (χ3v) is 3.41. The minimum atomic E-state index is 0.210. The molecule has 1 N–H and O–H groups in total. The Morgan fingerprint density at radius 1 is 1.32 bits per heavy atom. The minimum absolute atomic E-state index is 0.210. The molecule has 0 amide bonds. The van der Waals surface area contributed by atoms with Crippen molar-refractivity contribution in [2.45, 2.75) is 58.7 Å². The summed E-state index contributed by atoms with van der Waals surface area (Å²) in [5.74, 6) is 1.77. The zero-order valence-electron chi connectivity index (χ0n) is 12.2. The van der Waals surface area contributed by atoms with Gasteiger partial charge < -0.3 is 14.8 Å². The van der Waals surface area contributed by atoms with Crippen LogP contribution < -0.4 is 14.8 Å². The molecule has 1 unspecified atom stereocenters. The van der Waals surface area contributed by atoms with Crippen molar-refractivity contribution >= 4 is 0 Å². The molecule has 0 spiro atoms. The highest BCUT2D eigenvalue weighted by atomic mass is 16.5. The number of ether oxygens (including phenoxy) is 2. The van der Waals surface area contributed by atoms with Gasteiger partial charge in [-0.05, 0) is 39.2 Å². The van der Waals surface area contributed by atoms with Crippen LogP contribution in [0, 0.1) is 0 Å². The second-order valence-corrected chi connectivity index (χ2v) is 5.17. The van der Waals surface area contributed by atoms with Gasteiger partial charge in [0.2, 0.25) is 0 Å². The lowest BCUT2D eigenvalue weighted by atomic mass is 10.1. The molecule has 0 radical (unpaired) electrons. The Labute approximate surface area is 116 Å². The molecule has 0 saturated heterocycles. The third-order valence-electron chi connectivity index (χ3n) is 3.41. The fraction of sp³-hybridized carbons (Fsp3) is 0.625. The van der Waals surface area contributed by atoms with Crippen LogP contribution in [0.5, 0.6) is 11.5 Å². The largest absolute Gasteiger partial charge is 0.490 e. The molecule has 1 aromatic rings. The van der Waals surface area contributed by atoms with Gasteiger partial charge in [0.25, 0.3) is 0 Å². The first-order valence-electron chi connectivity index (χ1n) is 7.39. The van der Waals surface area contributed by atoms with Crippen LogP contribution in [0.3, 0.4) is 0 Å². The van der Waals surface area contributed by atoms with Crippen LogP contribution in [0.1, 0.15) is 45.6 Å². The SMILES string of the molecule is CCOc1cccc(CNC2CC2)c1OC(C)CC. The predicted octanol–water partition coefficient (Wildman–Crippen LogP) is 3.51. The monoisotopic (exact) mass is 263 g/mol. The van der Waals surface area contributed by atoms with E-state index in [2.05, 4.69) is 25.2 Å². The van der Waals surface area contributed by atoms with Crippen LogP contribution in [0.4, 0.5) is 0 Å². The molecule has 0 aliphatic heterocycles. The van der Waals surface area contributed by atoms with Gasteiger partial charge in [0, 0.05) is 18.2 Å². The molecule has 3 heteroatoms. The second-order valence-electron chi connectivity index (χ2n) is 5.17. The fourth-order valence-corrected chi connectivity index (χ4v) is 1.93. The number of hydrogen-bond acceptors (Lipinski definition) is 3. The molecular formula is C16H25NO2. The van der Waals surface area contributed by atoms with E-state index in [0.29, 0.717) is 12.6 Å². The van der Waals surface area contributed by atoms with Gasteiger partial charge in [-0.15, -0.1) is 0 Å². The van der Waals surface area contributed by atoms with Crippen molar-refractivity contribution in [2.75, 3.05) is 6.61 Å². The summed E-state index contributed by atoms with van der Waals surface area (Å²) < 4.78 is 11.8. The van der Waals surface area contributed by atoms with Crippen molar-refractivity contribution in [1.29, 1.82) is 0 Å². The van der Waals surface area contributed by atoms with Crippen molar-refractivity contribution in [3.63, 3.8) is 0 Å². The van der Waals surface area contributed by atoms with E-state index in [0.717, 1.165) is 24.5 Å². The van der Waals surface area contributed by atoms with Gasteiger partial charge >= 0.3 is 0 Å². The summed E-state index contributed by atoms with van der Waals surface area (Å²) in [4.78, 5) is 0. The minimum Gasteiger partial charge on any atom is -0.490 e. The van der Waals surface area contributed by atoms with E-state index < -0.39 is 0 Å². The van der Waals surface area contributed by atoms with Crippen LogP contribution in [-0.2, 0) is 6.54 Å². The molecule has 3 nitrogen and oxygen atoms in total. The van der Waals surface area contributed by atoms with E-state index in [1.807, 2.05) is 19.1 Å². The Morgan fingerprint density at radius 3 is 2.74 bits per heavy atom. The Balaban J connectivity index is 2.14. The summed E-state index contributed by atoms with van der Waals surface area (Å²) in [6.07, 6.45) is 3.80. The maximum atomic E-state index is 6.07. The van der Waals surface area contributed by atoms with Gasteiger partial charge in [-0.25, -0.2) is 0 Å². The maximum absolute atomic E-state index is 6.07. The summed E-state index contributed by atoms with van der Waals surface area (Å²) >= 11 is 0. The number of benzene rings is 1. The molecule has 1 aromatic carbocycles. The summed E-state index contributed by atoms with van der Waals surface area (Å²) in [5, 5.41) is 3.54. The highest BCUT2D eigenvalue weighted by Crippen LogP contribution is 2.33. The predicted molar refractivity (Wildman–Crippen MR) is 77.9 cm³/mol. The molecule has 106 valence electrons. The van der Waals surface area contributed by atoms with E-state index in [4.69, 9.17) is 9.47 Å². The lowest BCUT2D eigenvalue weighted by Gasteiger charge is -2.19. The average molecular weight is 263 g/mol. The standard InChI is InChI=1S/C16H25NO2/c1-4-12(3)19-16-13(11-17-14-9-10-14)7-6-8-15(16)18-5-2/h6-8,12,14,17H,4-5,9-11H2,1-3H3. The topological polar surface area (TPSA) is 30.5 Å². The highest BCUT2D eigenvalue weighted by molar-refractivity contribution is 5.46. The summed E-state index contributed by atoms with van der Waals surface area (Å²) in [5.41, 5.74) is 1.19. The summed E-state index contributed by atoms with van der Waals surface area (Å²) in [6, 6.07) is 6.85. The molecule has 0 aromatic heterocycles. The molecular weight excluding hydrogens is 238 g/mol. The molecule has 1 fully saturated rings. The maximum Gasteiger partial charge on any atom is 0.166 e. The first-order chi connectivity index (χ1) is 9.24. The van der Waals surface area contributed by atoms with E-state index in [9.17, 15) is 0 Å². The van der Waals surface area contributed by atoms with Gasteiger partial charge in [-0.2, -0.15) is 0 Å². The Bertz CT molecular complexity index is 402. The smallest absolute Gasteiger partial charge is 0.166 e. The van der Waals surface area contributed by atoms with Gasteiger partial charge in [0.15, 0.2) is 11.5 Å². The second kappa shape index (κ2) is 6.80. The Hall–Kier alpha value is -1.22. The van der Waals surface area contributed by atoms with Crippen LogP contribution in [0.2, 0.25) is 0 Å². The molecule has 1 aliphatic carbocycles. The van der Waals surface area contributed by atoms with Crippen LogP contribution >= 0.6 is 0 Å². The van der Waals surface area contributed by atoms with Gasteiger partial charge in [0.05, 0.1) is 12.7 Å². The number of nitrogens with one attached hydrogen (secondary N) is 1. The van der Waals surface area contributed by atoms with Crippen molar-refractivity contribution in [2.24, 2.45) is 0 Å². The van der Waals surface area contributed by atoms with E-state index >= 15 is 0 Å². The fourth-order valence-electron chi connectivity index (χ4n) is 1.93. The normalized spacial score (nSPS) is 16.2. The first-order valence-corrected chi connectivity index (χ1v) is 7.39. The van der Waals surface area contributed by atoms with E-state index in [1.165, 1.54) is 18.4 Å². The lowest BCUT2D eigenvalue weighted by molar-refractivity contribution is 0.200. The van der Waals surface area contributed by atoms with Crippen molar-refractivity contribution in [3.05, 3.63) is 23.8 Å². The molecule has 19 heavy (non-hydrogen) atoms. The number of para-hydroxylation sites is 1. The number of hydrogen-bond donors (Lipinski definition) is 1. The zero-order valence-corrected chi connectivity index (χ0v) is 12.2. The molecule has 0 bridgehead atoms. The zero-order chi connectivity index (χ0) is 13.7. The van der Waals surface area contributed by atoms with Crippen LogP contribution in [-0.4, -0.2) is 18.8 Å². The quantitative estimate of drug-likeness (QED) is 0.778. The van der Waals surface area contributed by atoms with Crippen molar-refractivity contribution in [1.82, 2.24) is 5.32 Å². The Morgan fingerprint density at radius 2 is 2.11 bits per heavy atom. The van der Waals surface area contributed by atoms with Gasteiger partial charge in [0.1, 0.15) is 0 Å². The number of rotatable bonds is 8. The van der Waals surface area contributed by atoms with Crippen molar-refractivity contribution in [3.8, 4) is 11.5 Å². The molecule has 1 saturated carbocycles. The molecule has 1 atom stereocenters. The third kappa shape index (κ3) is 4.13. The van der Waals surface area contributed by atoms with Gasteiger partial charge in [-0.3, -0.25) is 0 Å². The van der Waals surface area contributed by atoms with E-state index in [1.54, 1.807) is 0 Å². The lowest BCUT2D eigenvalue weighted by Crippen LogP contribution is -2.18. The van der Waals surface area contributed by atoms with Crippen LogP contribution in [0.15, 0.2) is 18.2 Å². The van der Waals surface area contributed by atoms with Crippen molar-refractivity contribution < 1.29 is 9.47 Å². The average Bonchev–Trinajstić information content (AvgIpc) is 3.23. The van der Waals surface area contributed by atoms with Gasteiger partial charge in [-0.1, -0.05) is 19.1 Å². The Kier molecular flexibility index (Phi) is 5.08. The first kappa shape index (κ1) is 14.2. The molecule has 0 heterocycles. The summed E-state index contributed by atoms with van der Waals surface area (Å²) in [7, 11) is 0.